The summed E-state index contributed by atoms with van der Waals surface area (Å²) >= 11 is 0. The Kier molecular flexibility index (Phi) is 5.05. The summed E-state index contributed by atoms with van der Waals surface area (Å²) in [5, 5.41) is 0. The molecule has 0 radical (unpaired) electrons. The molecule has 0 spiro atoms. The lowest BCUT2D eigenvalue weighted by atomic mass is 10.1. The number of amides is 1. The van der Waals surface area contributed by atoms with E-state index in [1.165, 1.54) is 0 Å². The van der Waals surface area contributed by atoms with E-state index in [4.69, 9.17) is 4.74 Å². The van der Waals surface area contributed by atoms with Crippen LogP contribution in [0.15, 0.2) is 41.5 Å². The van der Waals surface area contributed by atoms with Crippen LogP contribution in [-0.2, 0) is 11.3 Å². The molecule has 0 aliphatic carbocycles. The van der Waals surface area contributed by atoms with Crippen LogP contribution < -0.4 is 5.56 Å². The Balaban J connectivity index is 1.84. The van der Waals surface area contributed by atoms with E-state index < -0.39 is 0 Å². The van der Waals surface area contributed by atoms with Gasteiger partial charge in [-0.3, -0.25) is 14.6 Å². The van der Waals surface area contributed by atoms with Crippen LogP contribution in [0.5, 0.6) is 0 Å². The van der Waals surface area contributed by atoms with Crippen LogP contribution in [0.3, 0.4) is 0 Å². The quantitative estimate of drug-likeness (QED) is 0.910. The highest BCUT2D eigenvalue weighted by atomic mass is 16.5. The summed E-state index contributed by atoms with van der Waals surface area (Å²) in [6.45, 7) is 3.39. The summed E-state index contributed by atoms with van der Waals surface area (Å²) in [7, 11) is 0. The number of pyridine rings is 2. The molecule has 3 rings (SSSR count). The molecule has 6 nitrogen and oxygen atoms in total. The van der Waals surface area contributed by atoms with Crippen molar-refractivity contribution in [2.75, 3.05) is 13.2 Å². The van der Waals surface area contributed by atoms with Gasteiger partial charge in [-0.15, -0.1) is 0 Å². The van der Waals surface area contributed by atoms with Gasteiger partial charge in [0.25, 0.3) is 11.5 Å². The smallest absolute Gasteiger partial charge is 0.260 e. The lowest BCUT2D eigenvalue weighted by molar-refractivity contribution is 0.0505. The van der Waals surface area contributed by atoms with Gasteiger partial charge in [-0.05, 0) is 43.5 Å². The second-order valence-corrected chi connectivity index (χ2v) is 6.07. The fourth-order valence-electron chi connectivity index (χ4n) is 2.88. The maximum Gasteiger partial charge on any atom is 0.260 e. The molecule has 1 atom stereocenters. The maximum absolute atomic E-state index is 12.9. The van der Waals surface area contributed by atoms with Gasteiger partial charge < -0.3 is 14.6 Å². The molecule has 1 saturated heterocycles. The van der Waals surface area contributed by atoms with Crippen LogP contribution in [0, 0.1) is 6.92 Å². The molecule has 0 aromatic carbocycles. The Hall–Kier alpha value is -2.47. The Morgan fingerprint density at radius 2 is 2.29 bits per heavy atom. The van der Waals surface area contributed by atoms with Crippen molar-refractivity contribution < 1.29 is 9.53 Å². The van der Waals surface area contributed by atoms with Gasteiger partial charge in [0.15, 0.2) is 0 Å². The van der Waals surface area contributed by atoms with Gasteiger partial charge in [0.2, 0.25) is 0 Å². The summed E-state index contributed by atoms with van der Waals surface area (Å²) in [6, 6.07) is 7.08. The Morgan fingerprint density at radius 1 is 1.42 bits per heavy atom. The standard InChI is InChI=1S/C18H21N3O3/c1-13-6-7-16(17(22)20-13)18(23)21(12-15-5-3-9-24-15)11-14-4-2-8-19-10-14/h2,4,6-8,10,15H,3,5,9,11-12H2,1H3,(H,20,22). The fraction of sp³-hybridized carbons (Fsp3) is 0.389. The molecule has 2 aromatic rings. The largest absolute Gasteiger partial charge is 0.376 e. The van der Waals surface area contributed by atoms with Crippen LogP contribution >= 0.6 is 0 Å². The van der Waals surface area contributed by atoms with Crippen molar-refractivity contribution >= 4 is 5.91 Å². The Bertz CT molecular complexity index is 752. The van der Waals surface area contributed by atoms with Crippen LogP contribution in [0.1, 0.15) is 34.5 Å². The van der Waals surface area contributed by atoms with Gasteiger partial charge in [0.05, 0.1) is 6.10 Å². The summed E-state index contributed by atoms with van der Waals surface area (Å²) in [5.74, 6) is -0.282. The SMILES string of the molecule is Cc1ccc(C(=O)N(Cc2cccnc2)CC2CCCO2)c(=O)[nH]1. The van der Waals surface area contributed by atoms with Crippen molar-refractivity contribution in [3.63, 3.8) is 0 Å². The van der Waals surface area contributed by atoms with Crippen LogP contribution in [0.25, 0.3) is 0 Å². The number of aryl methyl sites for hydroxylation is 1. The predicted molar refractivity (Wildman–Crippen MR) is 89.8 cm³/mol. The predicted octanol–water partition coefficient (Wildman–Crippen LogP) is 1.90. The van der Waals surface area contributed by atoms with Gasteiger partial charge in [-0.2, -0.15) is 0 Å². The minimum Gasteiger partial charge on any atom is -0.376 e. The van der Waals surface area contributed by atoms with E-state index in [0.717, 1.165) is 30.7 Å². The van der Waals surface area contributed by atoms with Crippen molar-refractivity contribution in [3.8, 4) is 0 Å². The molecule has 1 aliphatic rings. The van der Waals surface area contributed by atoms with Crippen molar-refractivity contribution in [3.05, 3.63) is 63.8 Å². The van der Waals surface area contributed by atoms with E-state index in [1.54, 1.807) is 36.4 Å². The molecule has 1 amide bonds. The third kappa shape index (κ3) is 3.89. The zero-order valence-corrected chi connectivity index (χ0v) is 13.7. The second-order valence-electron chi connectivity index (χ2n) is 6.07. The van der Waals surface area contributed by atoms with Gasteiger partial charge in [-0.25, -0.2) is 0 Å². The number of H-pyrrole nitrogens is 1. The number of rotatable bonds is 5. The molecule has 1 fully saturated rings. The number of aromatic amines is 1. The van der Waals surface area contributed by atoms with Crippen molar-refractivity contribution in [1.29, 1.82) is 0 Å². The van der Waals surface area contributed by atoms with Crippen molar-refractivity contribution in [2.24, 2.45) is 0 Å². The molecule has 24 heavy (non-hydrogen) atoms. The molecular formula is C18H21N3O3. The summed E-state index contributed by atoms with van der Waals surface area (Å²) < 4.78 is 5.66. The molecule has 1 unspecified atom stereocenters. The first-order chi connectivity index (χ1) is 11.6. The highest BCUT2D eigenvalue weighted by Gasteiger charge is 2.25. The molecule has 1 aliphatic heterocycles. The number of carbonyl (C=O) groups is 1. The lowest BCUT2D eigenvalue weighted by Gasteiger charge is -2.25. The van der Waals surface area contributed by atoms with Crippen LogP contribution in [-0.4, -0.2) is 40.0 Å². The molecule has 126 valence electrons. The molecular weight excluding hydrogens is 306 g/mol. The zero-order chi connectivity index (χ0) is 16.9. The van der Waals surface area contributed by atoms with Crippen LogP contribution in [0.4, 0.5) is 0 Å². The van der Waals surface area contributed by atoms with Crippen LogP contribution in [0.2, 0.25) is 0 Å². The first kappa shape index (κ1) is 16.4. The Morgan fingerprint density at radius 3 is 2.96 bits per heavy atom. The number of hydrogen-bond donors (Lipinski definition) is 1. The number of hydrogen-bond acceptors (Lipinski definition) is 4. The molecule has 0 bridgehead atoms. The number of nitrogens with one attached hydrogen (secondary N) is 1. The zero-order valence-electron chi connectivity index (χ0n) is 13.7. The average Bonchev–Trinajstić information content (AvgIpc) is 3.08. The minimum absolute atomic E-state index is 0.0233. The highest BCUT2D eigenvalue weighted by Crippen LogP contribution is 2.16. The van der Waals surface area contributed by atoms with Gasteiger partial charge in [0.1, 0.15) is 5.56 Å². The van der Waals surface area contributed by atoms with E-state index in [0.29, 0.717) is 13.1 Å². The monoisotopic (exact) mass is 327 g/mol. The number of ether oxygens (including phenoxy) is 1. The fourth-order valence-corrected chi connectivity index (χ4v) is 2.88. The van der Waals surface area contributed by atoms with E-state index in [1.807, 2.05) is 12.1 Å². The maximum atomic E-state index is 12.9. The first-order valence-corrected chi connectivity index (χ1v) is 8.13. The molecule has 6 heteroatoms. The second kappa shape index (κ2) is 7.40. The topological polar surface area (TPSA) is 75.3 Å². The van der Waals surface area contributed by atoms with Crippen molar-refractivity contribution in [1.82, 2.24) is 14.9 Å². The number of carbonyl (C=O) groups excluding carboxylic acids is 1. The minimum atomic E-state index is -0.358. The normalized spacial score (nSPS) is 17.0. The van der Waals surface area contributed by atoms with E-state index >= 15 is 0 Å². The van der Waals surface area contributed by atoms with Gasteiger partial charge in [-0.1, -0.05) is 6.07 Å². The molecule has 3 heterocycles. The summed E-state index contributed by atoms with van der Waals surface area (Å²) in [5.41, 5.74) is 1.45. The third-order valence-corrected chi connectivity index (χ3v) is 4.12. The Labute approximate surface area is 140 Å². The number of nitrogens with zero attached hydrogens (tertiary/aromatic N) is 2. The molecule has 2 aromatic heterocycles. The van der Waals surface area contributed by atoms with Gasteiger partial charge in [0, 0.05) is 37.8 Å². The van der Waals surface area contributed by atoms with E-state index in [9.17, 15) is 9.59 Å². The number of aromatic nitrogens is 2. The molecule has 1 N–H and O–H groups in total. The van der Waals surface area contributed by atoms with E-state index in [2.05, 4.69) is 9.97 Å². The first-order valence-electron chi connectivity index (χ1n) is 8.13. The lowest BCUT2D eigenvalue weighted by Crippen LogP contribution is -2.39. The van der Waals surface area contributed by atoms with Gasteiger partial charge >= 0.3 is 0 Å². The molecule has 0 saturated carbocycles. The third-order valence-electron chi connectivity index (χ3n) is 4.12. The summed E-state index contributed by atoms with van der Waals surface area (Å²) in [4.78, 5) is 33.5. The summed E-state index contributed by atoms with van der Waals surface area (Å²) in [6.07, 6.45) is 5.39. The van der Waals surface area contributed by atoms with E-state index in [-0.39, 0.29) is 23.1 Å². The van der Waals surface area contributed by atoms with Crippen molar-refractivity contribution in [2.45, 2.75) is 32.4 Å². The highest BCUT2D eigenvalue weighted by molar-refractivity contribution is 5.93. The average molecular weight is 327 g/mol.